The molecular formula is C11H18N4OS. The molecule has 0 bridgehead atoms. The van der Waals surface area contributed by atoms with Crippen LogP contribution in [0.1, 0.15) is 13.3 Å². The molecule has 0 radical (unpaired) electrons. The zero-order valence-corrected chi connectivity index (χ0v) is 10.9. The fourth-order valence-electron chi connectivity index (χ4n) is 1.71. The summed E-state index contributed by atoms with van der Waals surface area (Å²) in [6, 6.07) is 1.91. The number of hydrogen-bond donors (Lipinski definition) is 1. The summed E-state index contributed by atoms with van der Waals surface area (Å²) in [6.07, 6.45) is 2.82. The maximum absolute atomic E-state index is 11.3. The lowest BCUT2D eigenvalue weighted by atomic mass is 10.4. The highest BCUT2D eigenvalue weighted by Gasteiger charge is 2.16. The average molecular weight is 254 g/mol. The summed E-state index contributed by atoms with van der Waals surface area (Å²) >= 11 is 0. The Labute approximate surface area is 104 Å². The van der Waals surface area contributed by atoms with Gasteiger partial charge in [-0.1, -0.05) is 6.92 Å². The topological polar surface area (TPSA) is 58.1 Å². The summed E-state index contributed by atoms with van der Waals surface area (Å²) in [6.45, 7) is 4.62. The first kappa shape index (κ1) is 12.3. The van der Waals surface area contributed by atoms with Crippen LogP contribution in [0, 0.1) is 0 Å². The van der Waals surface area contributed by atoms with E-state index in [2.05, 4.69) is 27.1 Å². The Morgan fingerprint density at radius 2 is 2.24 bits per heavy atom. The second-order valence-electron chi connectivity index (χ2n) is 4.00. The van der Waals surface area contributed by atoms with Gasteiger partial charge < -0.3 is 10.2 Å². The lowest BCUT2D eigenvalue weighted by Crippen LogP contribution is -2.38. The van der Waals surface area contributed by atoms with E-state index in [0.29, 0.717) is 5.95 Å². The molecule has 2 rings (SSSR count). The number of anilines is 2. The van der Waals surface area contributed by atoms with Crippen molar-refractivity contribution in [2.24, 2.45) is 0 Å². The van der Waals surface area contributed by atoms with E-state index in [0.717, 1.165) is 43.4 Å². The van der Waals surface area contributed by atoms with Gasteiger partial charge >= 0.3 is 0 Å². The van der Waals surface area contributed by atoms with Gasteiger partial charge in [0.1, 0.15) is 5.82 Å². The third-order valence-electron chi connectivity index (χ3n) is 2.68. The molecule has 0 saturated carbocycles. The number of aromatic nitrogens is 2. The molecule has 0 atom stereocenters. The fourth-order valence-corrected chi connectivity index (χ4v) is 2.77. The number of hydrogen-bond acceptors (Lipinski definition) is 5. The number of nitrogens with zero attached hydrogens (tertiary/aromatic N) is 3. The zero-order chi connectivity index (χ0) is 12.1. The molecule has 0 unspecified atom stereocenters. The van der Waals surface area contributed by atoms with E-state index in [1.165, 1.54) is 0 Å². The average Bonchev–Trinajstić information content (AvgIpc) is 2.37. The maximum Gasteiger partial charge on any atom is 0.224 e. The van der Waals surface area contributed by atoms with Crippen molar-refractivity contribution in [2.75, 3.05) is 41.4 Å². The van der Waals surface area contributed by atoms with Crippen LogP contribution < -0.4 is 10.2 Å². The van der Waals surface area contributed by atoms with Crippen molar-refractivity contribution >= 4 is 22.6 Å². The standard InChI is InChI=1S/C11H18N4OS/c1-2-4-12-11-13-5-3-10(14-11)15-6-8-17(16)9-7-15/h3,5H,2,4,6-9H2,1H3,(H,12,13,14). The molecule has 1 aromatic heterocycles. The molecule has 1 N–H and O–H groups in total. The Morgan fingerprint density at radius 1 is 1.47 bits per heavy atom. The van der Waals surface area contributed by atoms with Crippen molar-refractivity contribution < 1.29 is 4.21 Å². The van der Waals surface area contributed by atoms with Crippen LogP contribution in [0.15, 0.2) is 12.3 Å². The highest BCUT2D eigenvalue weighted by molar-refractivity contribution is 7.85. The second-order valence-corrected chi connectivity index (χ2v) is 5.70. The van der Waals surface area contributed by atoms with Gasteiger partial charge in [0.2, 0.25) is 5.95 Å². The largest absolute Gasteiger partial charge is 0.355 e. The minimum atomic E-state index is -0.646. The van der Waals surface area contributed by atoms with E-state index >= 15 is 0 Å². The predicted octanol–water partition coefficient (Wildman–Crippen LogP) is 0.867. The summed E-state index contributed by atoms with van der Waals surface area (Å²) in [4.78, 5) is 10.8. The molecule has 1 saturated heterocycles. The molecule has 94 valence electrons. The summed E-state index contributed by atoms with van der Waals surface area (Å²) in [5, 5.41) is 3.17. The second kappa shape index (κ2) is 5.95. The summed E-state index contributed by atoms with van der Waals surface area (Å²) < 4.78 is 11.3. The van der Waals surface area contributed by atoms with E-state index < -0.39 is 10.8 Å². The van der Waals surface area contributed by atoms with E-state index in [9.17, 15) is 4.21 Å². The molecule has 1 aliphatic heterocycles. The van der Waals surface area contributed by atoms with Crippen LogP contribution in [0.5, 0.6) is 0 Å². The lowest BCUT2D eigenvalue weighted by molar-refractivity contribution is 0.672. The van der Waals surface area contributed by atoms with E-state index in [1.807, 2.05) is 6.07 Å². The molecule has 17 heavy (non-hydrogen) atoms. The quantitative estimate of drug-likeness (QED) is 0.864. The molecule has 5 nitrogen and oxygen atoms in total. The van der Waals surface area contributed by atoms with Gasteiger partial charge in [-0.25, -0.2) is 4.98 Å². The fraction of sp³-hybridized carbons (Fsp3) is 0.636. The normalized spacial score (nSPS) is 17.1. The monoisotopic (exact) mass is 254 g/mol. The highest BCUT2D eigenvalue weighted by atomic mass is 32.2. The van der Waals surface area contributed by atoms with Crippen LogP contribution in [0.4, 0.5) is 11.8 Å². The molecule has 2 heterocycles. The van der Waals surface area contributed by atoms with Crippen LogP contribution in [0.25, 0.3) is 0 Å². The van der Waals surface area contributed by atoms with Crippen LogP contribution >= 0.6 is 0 Å². The van der Waals surface area contributed by atoms with Crippen LogP contribution in [-0.2, 0) is 10.8 Å². The van der Waals surface area contributed by atoms with E-state index in [1.54, 1.807) is 6.20 Å². The minimum Gasteiger partial charge on any atom is -0.355 e. The van der Waals surface area contributed by atoms with Gasteiger partial charge in [-0.3, -0.25) is 4.21 Å². The van der Waals surface area contributed by atoms with Crippen molar-refractivity contribution in [3.05, 3.63) is 12.3 Å². The molecule has 1 fully saturated rings. The Balaban J connectivity index is 2.02. The third kappa shape index (κ3) is 3.39. The molecule has 0 spiro atoms. The highest BCUT2D eigenvalue weighted by Crippen LogP contribution is 2.14. The molecule has 1 aromatic rings. The molecule has 1 aliphatic rings. The van der Waals surface area contributed by atoms with Crippen molar-refractivity contribution in [3.63, 3.8) is 0 Å². The maximum atomic E-state index is 11.3. The van der Waals surface area contributed by atoms with Crippen LogP contribution in [-0.4, -0.2) is 45.3 Å². The number of rotatable bonds is 4. The van der Waals surface area contributed by atoms with Crippen molar-refractivity contribution in [1.29, 1.82) is 0 Å². The van der Waals surface area contributed by atoms with Gasteiger partial charge in [0.25, 0.3) is 0 Å². The molecular weight excluding hydrogens is 236 g/mol. The Kier molecular flexibility index (Phi) is 4.30. The summed E-state index contributed by atoms with van der Waals surface area (Å²) in [5.74, 6) is 3.08. The number of nitrogens with one attached hydrogen (secondary N) is 1. The first-order chi connectivity index (χ1) is 8.29. The predicted molar refractivity (Wildman–Crippen MR) is 70.9 cm³/mol. The smallest absolute Gasteiger partial charge is 0.224 e. The van der Waals surface area contributed by atoms with Crippen molar-refractivity contribution in [1.82, 2.24) is 9.97 Å². The summed E-state index contributed by atoms with van der Waals surface area (Å²) in [5.41, 5.74) is 0. The van der Waals surface area contributed by atoms with Gasteiger partial charge in [-0.15, -0.1) is 0 Å². The van der Waals surface area contributed by atoms with Gasteiger partial charge in [0, 0.05) is 48.1 Å². The van der Waals surface area contributed by atoms with Crippen LogP contribution in [0.2, 0.25) is 0 Å². The Hall–Kier alpha value is -1.17. The molecule has 0 aliphatic carbocycles. The van der Waals surface area contributed by atoms with Gasteiger partial charge in [-0.2, -0.15) is 4.98 Å². The van der Waals surface area contributed by atoms with Gasteiger partial charge in [-0.05, 0) is 12.5 Å². The summed E-state index contributed by atoms with van der Waals surface area (Å²) in [7, 11) is -0.646. The molecule has 0 amide bonds. The van der Waals surface area contributed by atoms with E-state index in [-0.39, 0.29) is 0 Å². The van der Waals surface area contributed by atoms with E-state index in [4.69, 9.17) is 0 Å². The third-order valence-corrected chi connectivity index (χ3v) is 3.95. The SMILES string of the molecule is CCCNc1nccc(N2CCS(=O)CC2)n1. The Morgan fingerprint density at radius 3 is 2.94 bits per heavy atom. The Bertz CT molecular complexity index is 389. The minimum absolute atomic E-state index is 0.646. The van der Waals surface area contributed by atoms with Crippen molar-refractivity contribution in [3.8, 4) is 0 Å². The molecule has 6 heteroatoms. The first-order valence-corrected chi connectivity index (χ1v) is 7.45. The van der Waals surface area contributed by atoms with Crippen LogP contribution in [0.3, 0.4) is 0 Å². The zero-order valence-electron chi connectivity index (χ0n) is 10.1. The van der Waals surface area contributed by atoms with Crippen molar-refractivity contribution in [2.45, 2.75) is 13.3 Å². The lowest BCUT2D eigenvalue weighted by Gasteiger charge is -2.27. The molecule has 0 aromatic carbocycles. The van der Waals surface area contributed by atoms with Gasteiger partial charge in [0.15, 0.2) is 0 Å². The van der Waals surface area contributed by atoms with Gasteiger partial charge in [0.05, 0.1) is 0 Å². The first-order valence-electron chi connectivity index (χ1n) is 5.96.